The molecule has 0 atom stereocenters. The molecular weight excluding hydrogens is 702 g/mol. The maximum absolute atomic E-state index is 13.1. The average Bonchev–Trinajstić information content (AvgIpc) is 3.05. The van der Waals surface area contributed by atoms with E-state index in [1.165, 1.54) is 0 Å². The minimum atomic E-state index is -0.497. The summed E-state index contributed by atoms with van der Waals surface area (Å²) in [4.78, 5) is 39.5. The van der Waals surface area contributed by atoms with Gasteiger partial charge in [-0.3, -0.25) is 19.3 Å². The van der Waals surface area contributed by atoms with Gasteiger partial charge in [0.15, 0.2) is 0 Å². The molecule has 0 radical (unpaired) electrons. The predicted octanol–water partition coefficient (Wildman–Crippen LogP) is 6.77. The Kier molecular flexibility index (Phi) is 8.73. The molecule has 1 aliphatic heterocycles. The first-order chi connectivity index (χ1) is 17.2. The number of benzene rings is 3. The molecule has 1 fully saturated rings. The van der Waals surface area contributed by atoms with Gasteiger partial charge in [0.1, 0.15) is 18.9 Å². The fourth-order valence-electron chi connectivity index (χ4n) is 3.74. The van der Waals surface area contributed by atoms with E-state index in [9.17, 15) is 14.4 Å². The van der Waals surface area contributed by atoms with E-state index >= 15 is 0 Å². The molecule has 1 aliphatic rings. The van der Waals surface area contributed by atoms with Gasteiger partial charge in [0.2, 0.25) is 5.91 Å². The molecule has 9 heteroatoms. The largest absolute Gasteiger partial charge is 0.487 e. The van der Waals surface area contributed by atoms with Gasteiger partial charge in [-0.15, -0.1) is 0 Å². The molecule has 1 saturated heterocycles. The number of carbonyl (C=O) groups excluding carboxylic acids is 3. The second-order valence-corrected chi connectivity index (χ2v) is 11.7. The van der Waals surface area contributed by atoms with Gasteiger partial charge in [0, 0.05) is 14.8 Å². The molecule has 0 unspecified atom stereocenters. The molecule has 3 amide bonds. The first-order valence-corrected chi connectivity index (χ1v) is 14.0. The number of ether oxygens (including phenoxy) is 1. The molecule has 0 spiro atoms. The third-order valence-corrected chi connectivity index (χ3v) is 7.56. The van der Waals surface area contributed by atoms with Crippen LogP contribution in [-0.4, -0.2) is 28.5 Å². The summed E-state index contributed by atoms with van der Waals surface area (Å²) in [5.41, 5.74) is 4.38. The van der Waals surface area contributed by atoms with Crippen LogP contribution in [0, 0.1) is 21.0 Å². The number of imide groups is 1. The Morgan fingerprint density at radius 2 is 1.72 bits per heavy atom. The minimum Gasteiger partial charge on any atom is -0.487 e. The van der Waals surface area contributed by atoms with Gasteiger partial charge in [0.25, 0.3) is 11.1 Å². The number of anilines is 1. The molecule has 0 aromatic heterocycles. The Morgan fingerprint density at radius 1 is 1.03 bits per heavy atom. The van der Waals surface area contributed by atoms with Crippen molar-refractivity contribution >= 4 is 85.8 Å². The van der Waals surface area contributed by atoms with Crippen molar-refractivity contribution in [3.63, 3.8) is 0 Å². The van der Waals surface area contributed by atoms with Gasteiger partial charge in [-0.05, 0) is 118 Å². The highest BCUT2D eigenvalue weighted by atomic mass is 127. The maximum atomic E-state index is 13.1. The van der Waals surface area contributed by atoms with E-state index < -0.39 is 17.1 Å². The second kappa shape index (κ2) is 11.8. The summed E-state index contributed by atoms with van der Waals surface area (Å²) in [5, 5.41) is 2.30. The topological polar surface area (TPSA) is 75.7 Å². The zero-order valence-corrected chi connectivity index (χ0v) is 24.6. The number of thioether (sulfide) groups is 1. The standard InChI is InChI=1S/C27H22I2N2O4S/c1-16-8-17(2)10-21(9-16)30-24(32)14-31-26(33)23(36-27(31)34)12-19-11-20(28)13-22(29)25(19)35-15-18-6-4-3-5-7-18/h3-13H,14-15H2,1-2H3,(H,30,32)/b23-12+. The quantitative estimate of drug-likeness (QED) is 0.215. The lowest BCUT2D eigenvalue weighted by molar-refractivity contribution is -0.127. The van der Waals surface area contributed by atoms with Crippen LogP contribution in [0.1, 0.15) is 22.3 Å². The summed E-state index contributed by atoms with van der Waals surface area (Å²) in [6.07, 6.45) is 1.66. The van der Waals surface area contributed by atoms with E-state index in [0.717, 1.165) is 40.5 Å². The molecule has 3 aromatic carbocycles. The van der Waals surface area contributed by atoms with Crippen LogP contribution >= 0.6 is 56.9 Å². The lowest BCUT2D eigenvalue weighted by atomic mass is 10.1. The van der Waals surface area contributed by atoms with Crippen LogP contribution in [0.5, 0.6) is 5.75 Å². The fourth-order valence-corrected chi connectivity index (χ4v) is 6.61. The van der Waals surface area contributed by atoms with Crippen molar-refractivity contribution in [3.8, 4) is 5.75 Å². The summed E-state index contributed by atoms with van der Waals surface area (Å²) >= 11 is 5.23. The number of nitrogens with zero attached hydrogens (tertiary/aromatic N) is 1. The zero-order chi connectivity index (χ0) is 25.8. The van der Waals surface area contributed by atoms with E-state index in [-0.39, 0.29) is 11.4 Å². The number of aryl methyl sites for hydroxylation is 2. The van der Waals surface area contributed by atoms with Crippen LogP contribution < -0.4 is 10.1 Å². The van der Waals surface area contributed by atoms with E-state index in [1.54, 1.807) is 6.08 Å². The first kappa shape index (κ1) is 26.7. The highest BCUT2D eigenvalue weighted by molar-refractivity contribution is 14.1. The summed E-state index contributed by atoms with van der Waals surface area (Å²) in [5.74, 6) is -0.290. The summed E-state index contributed by atoms with van der Waals surface area (Å²) in [6.45, 7) is 3.90. The Hall–Kier alpha value is -2.38. The molecule has 184 valence electrons. The van der Waals surface area contributed by atoms with Crippen molar-refractivity contribution in [2.75, 3.05) is 11.9 Å². The van der Waals surface area contributed by atoms with Crippen molar-refractivity contribution in [2.45, 2.75) is 20.5 Å². The Balaban J connectivity index is 1.52. The zero-order valence-electron chi connectivity index (χ0n) is 19.5. The number of amides is 3. The molecule has 4 rings (SSSR count). The number of rotatable bonds is 7. The molecule has 6 nitrogen and oxygen atoms in total. The van der Waals surface area contributed by atoms with Gasteiger partial charge >= 0.3 is 0 Å². The van der Waals surface area contributed by atoms with Crippen molar-refractivity contribution in [1.29, 1.82) is 0 Å². The monoisotopic (exact) mass is 724 g/mol. The number of carbonyl (C=O) groups is 3. The number of nitrogens with one attached hydrogen (secondary N) is 1. The number of halogens is 2. The van der Waals surface area contributed by atoms with E-state index in [1.807, 2.05) is 74.5 Å². The Labute approximate surface area is 241 Å². The Morgan fingerprint density at radius 3 is 2.42 bits per heavy atom. The summed E-state index contributed by atoms with van der Waals surface area (Å²) < 4.78 is 7.99. The molecule has 3 aromatic rings. The lowest BCUT2D eigenvalue weighted by Gasteiger charge is -2.14. The minimum absolute atomic E-state index is 0.251. The summed E-state index contributed by atoms with van der Waals surface area (Å²) in [6, 6.07) is 19.4. The lowest BCUT2D eigenvalue weighted by Crippen LogP contribution is -2.36. The third kappa shape index (κ3) is 6.68. The van der Waals surface area contributed by atoms with Crippen LogP contribution in [-0.2, 0) is 16.2 Å². The highest BCUT2D eigenvalue weighted by Crippen LogP contribution is 2.36. The molecule has 1 heterocycles. The Bertz CT molecular complexity index is 1360. The van der Waals surface area contributed by atoms with Gasteiger partial charge in [-0.1, -0.05) is 36.4 Å². The second-order valence-electron chi connectivity index (χ2n) is 8.27. The molecule has 36 heavy (non-hydrogen) atoms. The summed E-state index contributed by atoms with van der Waals surface area (Å²) in [7, 11) is 0. The van der Waals surface area contributed by atoms with E-state index in [4.69, 9.17) is 4.74 Å². The highest BCUT2D eigenvalue weighted by Gasteiger charge is 2.36. The van der Waals surface area contributed by atoms with E-state index in [2.05, 4.69) is 50.5 Å². The van der Waals surface area contributed by atoms with E-state index in [0.29, 0.717) is 23.6 Å². The third-order valence-electron chi connectivity index (χ3n) is 5.23. The van der Waals surface area contributed by atoms with Crippen molar-refractivity contribution < 1.29 is 19.1 Å². The predicted molar refractivity (Wildman–Crippen MR) is 160 cm³/mol. The van der Waals surface area contributed by atoms with Crippen molar-refractivity contribution in [2.24, 2.45) is 0 Å². The number of hydrogen-bond acceptors (Lipinski definition) is 5. The van der Waals surface area contributed by atoms with Crippen LogP contribution in [0.15, 0.2) is 65.6 Å². The molecule has 1 N–H and O–H groups in total. The molecule has 0 aliphatic carbocycles. The SMILES string of the molecule is Cc1cc(C)cc(NC(=O)CN2C(=O)S/C(=C/c3cc(I)cc(I)c3OCc3ccccc3)C2=O)c1. The average molecular weight is 724 g/mol. The van der Waals surface area contributed by atoms with Gasteiger partial charge in [-0.25, -0.2) is 0 Å². The van der Waals surface area contributed by atoms with Crippen LogP contribution in [0.2, 0.25) is 0 Å². The van der Waals surface area contributed by atoms with Gasteiger partial charge in [0.05, 0.1) is 8.48 Å². The van der Waals surface area contributed by atoms with Gasteiger partial charge in [-0.2, -0.15) is 0 Å². The maximum Gasteiger partial charge on any atom is 0.294 e. The first-order valence-electron chi connectivity index (χ1n) is 11.0. The van der Waals surface area contributed by atoms with Crippen molar-refractivity contribution in [1.82, 2.24) is 4.90 Å². The van der Waals surface area contributed by atoms with Crippen LogP contribution in [0.4, 0.5) is 10.5 Å². The van der Waals surface area contributed by atoms with Crippen molar-refractivity contribution in [3.05, 3.63) is 95.0 Å². The van der Waals surface area contributed by atoms with Crippen LogP contribution in [0.25, 0.3) is 6.08 Å². The smallest absolute Gasteiger partial charge is 0.294 e. The molecule has 0 saturated carbocycles. The van der Waals surface area contributed by atoms with Gasteiger partial charge < -0.3 is 10.1 Å². The normalized spacial score (nSPS) is 14.4. The molecule has 0 bridgehead atoms. The fraction of sp³-hybridized carbons (Fsp3) is 0.148. The molecular formula is C27H22I2N2O4S. The number of hydrogen-bond donors (Lipinski definition) is 1. The van der Waals surface area contributed by atoms with Crippen LogP contribution in [0.3, 0.4) is 0 Å².